The van der Waals surface area contributed by atoms with Crippen molar-refractivity contribution in [1.82, 2.24) is 9.55 Å². The molecule has 0 aliphatic carbocycles. The van der Waals surface area contributed by atoms with E-state index in [1.165, 1.54) is 0 Å². The Morgan fingerprint density at radius 2 is 1.32 bits per heavy atom. The molecular weight excluding hydrogens is 312 g/mol. The number of phenolic OH excluding ortho intramolecular Hbond substituents is 2. The van der Waals surface area contributed by atoms with E-state index in [1.54, 1.807) is 6.20 Å². The van der Waals surface area contributed by atoms with Gasteiger partial charge < -0.3 is 14.8 Å². The van der Waals surface area contributed by atoms with E-state index in [0.717, 1.165) is 39.2 Å². The number of rotatable bonds is 3. The molecular formula is C21H24N2O2. The standard InChI is InChI=1S/C21H24N2O2/c1-12-8-14(3)19(24)16(10-12)18(21-22-6-7-23(21)5)17-11-13(2)9-15(4)20(17)25/h6-11,18,24-25H,1-5H3. The number of aromatic nitrogens is 2. The molecule has 0 saturated carbocycles. The van der Waals surface area contributed by atoms with Crippen molar-refractivity contribution in [1.29, 1.82) is 0 Å². The zero-order valence-electron chi connectivity index (χ0n) is 15.3. The summed E-state index contributed by atoms with van der Waals surface area (Å²) >= 11 is 0. The van der Waals surface area contributed by atoms with Crippen LogP contribution in [0.1, 0.15) is 45.1 Å². The molecule has 1 aromatic heterocycles. The van der Waals surface area contributed by atoms with Crippen LogP contribution in [0.4, 0.5) is 0 Å². The average molecular weight is 336 g/mol. The fourth-order valence-electron chi connectivity index (χ4n) is 3.53. The lowest BCUT2D eigenvalue weighted by Gasteiger charge is -2.23. The highest BCUT2D eigenvalue weighted by Crippen LogP contribution is 2.42. The molecule has 0 fully saturated rings. The summed E-state index contributed by atoms with van der Waals surface area (Å²) in [4.78, 5) is 4.51. The summed E-state index contributed by atoms with van der Waals surface area (Å²) in [6.45, 7) is 7.80. The zero-order chi connectivity index (χ0) is 18.3. The minimum Gasteiger partial charge on any atom is -0.507 e. The first-order valence-corrected chi connectivity index (χ1v) is 8.37. The van der Waals surface area contributed by atoms with E-state index in [-0.39, 0.29) is 17.4 Å². The maximum atomic E-state index is 10.8. The predicted octanol–water partition coefficient (Wildman–Crippen LogP) is 4.25. The van der Waals surface area contributed by atoms with Gasteiger partial charge in [0, 0.05) is 30.6 Å². The van der Waals surface area contributed by atoms with Crippen molar-refractivity contribution in [2.45, 2.75) is 33.6 Å². The molecule has 130 valence electrons. The van der Waals surface area contributed by atoms with E-state index < -0.39 is 0 Å². The first-order valence-electron chi connectivity index (χ1n) is 8.37. The van der Waals surface area contributed by atoms with Crippen LogP contribution in [0, 0.1) is 27.7 Å². The van der Waals surface area contributed by atoms with Crippen LogP contribution in [0.25, 0.3) is 0 Å². The summed E-state index contributed by atoms with van der Waals surface area (Å²) in [6.07, 6.45) is 3.61. The predicted molar refractivity (Wildman–Crippen MR) is 99.3 cm³/mol. The molecule has 4 heteroatoms. The van der Waals surface area contributed by atoms with Gasteiger partial charge in [0.25, 0.3) is 0 Å². The molecule has 0 atom stereocenters. The van der Waals surface area contributed by atoms with Crippen LogP contribution in [0.15, 0.2) is 36.7 Å². The van der Waals surface area contributed by atoms with Gasteiger partial charge in [0.1, 0.15) is 17.3 Å². The third-order valence-electron chi connectivity index (χ3n) is 4.69. The highest BCUT2D eigenvalue weighted by molar-refractivity contribution is 5.56. The second kappa shape index (κ2) is 6.28. The van der Waals surface area contributed by atoms with Crippen LogP contribution in [-0.2, 0) is 7.05 Å². The van der Waals surface area contributed by atoms with Gasteiger partial charge in [-0.15, -0.1) is 0 Å². The van der Waals surface area contributed by atoms with Gasteiger partial charge in [0.15, 0.2) is 0 Å². The largest absolute Gasteiger partial charge is 0.507 e. The van der Waals surface area contributed by atoms with Crippen LogP contribution in [-0.4, -0.2) is 19.8 Å². The normalized spacial score (nSPS) is 11.3. The molecule has 0 unspecified atom stereocenters. The highest BCUT2D eigenvalue weighted by Gasteiger charge is 2.27. The summed E-state index contributed by atoms with van der Waals surface area (Å²) in [5.74, 6) is 0.923. The first kappa shape index (κ1) is 17.1. The lowest BCUT2D eigenvalue weighted by molar-refractivity contribution is 0.452. The summed E-state index contributed by atoms with van der Waals surface area (Å²) in [5, 5.41) is 21.5. The Balaban J connectivity index is 2.36. The second-order valence-electron chi connectivity index (χ2n) is 6.87. The van der Waals surface area contributed by atoms with E-state index >= 15 is 0 Å². The molecule has 0 aliphatic heterocycles. The summed E-state index contributed by atoms with van der Waals surface area (Å²) in [6, 6.07) is 7.85. The zero-order valence-corrected chi connectivity index (χ0v) is 15.3. The van der Waals surface area contributed by atoms with Crippen LogP contribution >= 0.6 is 0 Å². The number of aryl methyl sites for hydroxylation is 5. The number of phenols is 2. The Labute approximate surface area is 148 Å². The van der Waals surface area contributed by atoms with Crippen molar-refractivity contribution in [2.24, 2.45) is 7.05 Å². The van der Waals surface area contributed by atoms with Crippen molar-refractivity contribution in [3.05, 3.63) is 75.9 Å². The van der Waals surface area contributed by atoms with Crippen molar-refractivity contribution >= 4 is 0 Å². The Morgan fingerprint density at radius 3 is 1.72 bits per heavy atom. The van der Waals surface area contributed by atoms with Crippen molar-refractivity contribution < 1.29 is 10.2 Å². The van der Waals surface area contributed by atoms with Crippen LogP contribution in [0.2, 0.25) is 0 Å². The highest BCUT2D eigenvalue weighted by atomic mass is 16.3. The van der Waals surface area contributed by atoms with E-state index in [9.17, 15) is 10.2 Å². The topological polar surface area (TPSA) is 58.3 Å². The van der Waals surface area contributed by atoms with Crippen molar-refractivity contribution in [2.75, 3.05) is 0 Å². The van der Waals surface area contributed by atoms with Gasteiger partial charge in [-0.25, -0.2) is 4.98 Å². The number of benzene rings is 2. The molecule has 0 spiro atoms. The number of nitrogens with zero attached hydrogens (tertiary/aromatic N) is 2. The molecule has 1 heterocycles. The SMILES string of the molecule is Cc1cc(C)c(O)c(C(c2cc(C)cc(C)c2O)c2nccn2C)c1. The van der Waals surface area contributed by atoms with Gasteiger partial charge in [-0.3, -0.25) is 0 Å². The Kier molecular flexibility index (Phi) is 4.29. The molecule has 0 saturated heterocycles. The molecule has 0 radical (unpaired) electrons. The third-order valence-corrected chi connectivity index (χ3v) is 4.69. The lowest BCUT2D eigenvalue weighted by atomic mass is 9.85. The van der Waals surface area contributed by atoms with E-state index in [0.29, 0.717) is 0 Å². The molecule has 2 aromatic carbocycles. The lowest BCUT2D eigenvalue weighted by Crippen LogP contribution is -2.11. The van der Waals surface area contributed by atoms with Crippen molar-refractivity contribution in [3.8, 4) is 11.5 Å². The molecule has 3 aromatic rings. The van der Waals surface area contributed by atoms with Gasteiger partial charge >= 0.3 is 0 Å². The molecule has 4 nitrogen and oxygen atoms in total. The second-order valence-corrected chi connectivity index (χ2v) is 6.87. The minimum atomic E-state index is -0.350. The first-order chi connectivity index (χ1) is 11.8. The molecule has 0 aliphatic rings. The quantitative estimate of drug-likeness (QED) is 0.752. The van der Waals surface area contributed by atoms with Gasteiger partial charge in [-0.05, 0) is 38.8 Å². The molecule has 3 rings (SSSR count). The molecule has 0 bridgehead atoms. The fourth-order valence-corrected chi connectivity index (χ4v) is 3.53. The number of hydrogen-bond donors (Lipinski definition) is 2. The number of hydrogen-bond acceptors (Lipinski definition) is 3. The molecule has 2 N–H and O–H groups in total. The van der Waals surface area contributed by atoms with Crippen LogP contribution in [0.5, 0.6) is 11.5 Å². The maximum absolute atomic E-state index is 10.8. The average Bonchev–Trinajstić information content (AvgIpc) is 2.95. The van der Waals surface area contributed by atoms with Gasteiger partial charge in [0.2, 0.25) is 0 Å². The van der Waals surface area contributed by atoms with Gasteiger partial charge in [-0.2, -0.15) is 0 Å². The summed E-state index contributed by atoms with van der Waals surface area (Å²) in [5.41, 5.74) is 5.28. The van der Waals surface area contributed by atoms with E-state index in [4.69, 9.17) is 0 Å². The third kappa shape index (κ3) is 3.00. The van der Waals surface area contributed by atoms with Gasteiger partial charge in [-0.1, -0.05) is 35.4 Å². The monoisotopic (exact) mass is 336 g/mol. The Bertz CT molecular complexity index is 884. The van der Waals surface area contributed by atoms with E-state index in [2.05, 4.69) is 4.98 Å². The Hall–Kier alpha value is -2.75. The van der Waals surface area contributed by atoms with Crippen molar-refractivity contribution in [3.63, 3.8) is 0 Å². The summed E-state index contributed by atoms with van der Waals surface area (Å²) < 4.78 is 1.93. The van der Waals surface area contributed by atoms with Gasteiger partial charge in [0.05, 0.1) is 5.92 Å². The molecule has 25 heavy (non-hydrogen) atoms. The smallest absolute Gasteiger partial charge is 0.122 e. The van der Waals surface area contributed by atoms with Crippen LogP contribution < -0.4 is 0 Å². The number of aromatic hydroxyl groups is 2. The minimum absolute atomic E-state index is 0.247. The Morgan fingerprint density at radius 1 is 0.840 bits per heavy atom. The number of imidazole rings is 1. The maximum Gasteiger partial charge on any atom is 0.122 e. The van der Waals surface area contributed by atoms with Crippen LogP contribution in [0.3, 0.4) is 0 Å². The summed E-state index contributed by atoms with van der Waals surface area (Å²) in [7, 11) is 1.93. The fraction of sp³-hybridized carbons (Fsp3) is 0.286. The molecule has 0 amide bonds. The van der Waals surface area contributed by atoms with E-state index in [1.807, 2.05) is 69.8 Å².